The van der Waals surface area contributed by atoms with Gasteiger partial charge < -0.3 is 9.80 Å². The highest BCUT2D eigenvalue weighted by molar-refractivity contribution is 7.86. The van der Waals surface area contributed by atoms with Crippen LogP contribution < -0.4 is 0 Å². The minimum Gasteiger partial charge on any atom is -0.340 e. The third-order valence-corrected chi connectivity index (χ3v) is 8.50. The van der Waals surface area contributed by atoms with Crippen LogP contribution in [0.5, 0.6) is 0 Å². The van der Waals surface area contributed by atoms with Crippen LogP contribution in [-0.4, -0.2) is 91.0 Å². The molecule has 8 nitrogen and oxygen atoms in total. The van der Waals surface area contributed by atoms with Crippen LogP contribution in [0, 0.1) is 5.92 Å². The van der Waals surface area contributed by atoms with E-state index in [0.717, 1.165) is 12.8 Å². The van der Waals surface area contributed by atoms with Crippen molar-refractivity contribution in [3.63, 3.8) is 0 Å². The zero-order chi connectivity index (χ0) is 22.6. The normalized spacial score (nSPS) is 20.8. The first kappa shape index (κ1) is 24.0. The van der Waals surface area contributed by atoms with Crippen LogP contribution in [0.1, 0.15) is 37.0 Å². The average molecular weight is 471 g/mol. The Kier molecular flexibility index (Phi) is 7.96. The minimum absolute atomic E-state index is 0.00786. The topological polar surface area (TPSA) is 81.2 Å². The molecule has 0 spiro atoms. The molecule has 1 atom stereocenters. The van der Waals surface area contributed by atoms with Gasteiger partial charge in [0, 0.05) is 62.9 Å². The van der Waals surface area contributed by atoms with Crippen LogP contribution in [0.25, 0.3) is 0 Å². The Morgan fingerprint density at radius 2 is 1.61 bits per heavy atom. The average Bonchev–Trinajstić information content (AvgIpc) is 2.79. The molecular weight excluding hydrogens is 440 g/mol. The van der Waals surface area contributed by atoms with Crippen LogP contribution in [0.3, 0.4) is 0 Å². The second-order valence-electron chi connectivity index (χ2n) is 7.91. The van der Waals surface area contributed by atoms with Crippen LogP contribution in [0.4, 0.5) is 0 Å². The molecule has 1 aromatic carbocycles. The molecule has 1 aromatic rings. The van der Waals surface area contributed by atoms with Crippen molar-refractivity contribution < 1.29 is 18.0 Å². The summed E-state index contributed by atoms with van der Waals surface area (Å²) in [5.74, 6) is -0.339. The molecule has 2 fully saturated rings. The second-order valence-corrected chi connectivity index (χ2v) is 10.3. The van der Waals surface area contributed by atoms with Gasteiger partial charge in [0.15, 0.2) is 0 Å². The molecule has 0 aliphatic carbocycles. The number of benzene rings is 1. The third-order valence-electron chi connectivity index (χ3n) is 6.06. The molecule has 2 saturated heterocycles. The van der Waals surface area contributed by atoms with Crippen molar-refractivity contribution in [3.05, 3.63) is 34.9 Å². The molecule has 0 N–H and O–H groups in total. The van der Waals surface area contributed by atoms with Crippen LogP contribution >= 0.6 is 11.6 Å². The van der Waals surface area contributed by atoms with Crippen molar-refractivity contribution in [3.8, 4) is 0 Å². The van der Waals surface area contributed by atoms with Crippen molar-refractivity contribution in [1.82, 2.24) is 18.4 Å². The fraction of sp³-hybridized carbons (Fsp3) is 0.619. The van der Waals surface area contributed by atoms with E-state index in [9.17, 15) is 18.0 Å². The zero-order valence-corrected chi connectivity index (χ0v) is 19.7. The highest BCUT2D eigenvalue weighted by Gasteiger charge is 2.36. The summed E-state index contributed by atoms with van der Waals surface area (Å²) in [7, 11) is -3.49. The van der Waals surface area contributed by atoms with E-state index in [2.05, 4.69) is 0 Å². The Morgan fingerprint density at radius 3 is 2.19 bits per heavy atom. The van der Waals surface area contributed by atoms with E-state index in [-0.39, 0.29) is 17.7 Å². The number of rotatable bonds is 6. The molecule has 0 bridgehead atoms. The fourth-order valence-electron chi connectivity index (χ4n) is 4.25. The van der Waals surface area contributed by atoms with Crippen molar-refractivity contribution >= 4 is 33.6 Å². The SMILES string of the molecule is CCN(CC)S(=O)(=O)N1CCN(C(=O)C2CCCN(C(=O)c3ccc(Cl)cc3)C2)CC1. The number of nitrogens with zero attached hydrogens (tertiary/aromatic N) is 4. The molecular formula is C21H31ClN4O4S. The molecule has 1 unspecified atom stereocenters. The Bertz CT molecular complexity index is 881. The summed E-state index contributed by atoms with van der Waals surface area (Å²) in [5.41, 5.74) is 0.563. The number of halogens is 1. The van der Waals surface area contributed by atoms with E-state index in [1.54, 1.807) is 34.1 Å². The quantitative estimate of drug-likeness (QED) is 0.636. The van der Waals surface area contributed by atoms with E-state index in [0.29, 0.717) is 62.9 Å². The molecule has 172 valence electrons. The van der Waals surface area contributed by atoms with E-state index in [1.165, 1.54) is 8.61 Å². The minimum atomic E-state index is -3.49. The van der Waals surface area contributed by atoms with Gasteiger partial charge in [-0.2, -0.15) is 17.0 Å². The van der Waals surface area contributed by atoms with Crippen molar-refractivity contribution in [2.45, 2.75) is 26.7 Å². The van der Waals surface area contributed by atoms with Gasteiger partial charge in [0.2, 0.25) is 5.91 Å². The predicted octanol–water partition coefficient (Wildman–Crippen LogP) is 1.92. The largest absolute Gasteiger partial charge is 0.340 e. The van der Waals surface area contributed by atoms with Gasteiger partial charge in [-0.25, -0.2) is 0 Å². The first-order valence-corrected chi connectivity index (χ1v) is 12.6. The first-order chi connectivity index (χ1) is 14.8. The monoisotopic (exact) mass is 470 g/mol. The van der Waals surface area contributed by atoms with Gasteiger partial charge in [0.05, 0.1) is 5.92 Å². The maximum Gasteiger partial charge on any atom is 0.282 e. The van der Waals surface area contributed by atoms with Crippen LogP contribution in [0.15, 0.2) is 24.3 Å². The van der Waals surface area contributed by atoms with Crippen molar-refractivity contribution in [2.75, 3.05) is 52.4 Å². The third kappa shape index (κ3) is 5.39. The molecule has 2 aliphatic rings. The highest BCUT2D eigenvalue weighted by atomic mass is 35.5. The number of carbonyl (C=O) groups is 2. The van der Waals surface area contributed by atoms with Crippen LogP contribution in [-0.2, 0) is 15.0 Å². The van der Waals surface area contributed by atoms with Gasteiger partial charge in [-0.05, 0) is 37.1 Å². The van der Waals surface area contributed by atoms with Gasteiger partial charge in [-0.1, -0.05) is 25.4 Å². The predicted molar refractivity (Wildman–Crippen MR) is 120 cm³/mol. The summed E-state index contributed by atoms with van der Waals surface area (Å²) < 4.78 is 28.3. The summed E-state index contributed by atoms with van der Waals surface area (Å²) in [6.07, 6.45) is 1.51. The molecule has 0 saturated carbocycles. The van der Waals surface area contributed by atoms with Gasteiger partial charge in [-0.15, -0.1) is 0 Å². The van der Waals surface area contributed by atoms with Gasteiger partial charge in [-0.3, -0.25) is 9.59 Å². The number of hydrogen-bond donors (Lipinski definition) is 0. The lowest BCUT2D eigenvalue weighted by molar-refractivity contribution is -0.138. The summed E-state index contributed by atoms with van der Waals surface area (Å²) in [6.45, 7) is 6.85. The van der Waals surface area contributed by atoms with Gasteiger partial charge in [0.1, 0.15) is 0 Å². The number of piperazine rings is 1. The summed E-state index contributed by atoms with van der Waals surface area (Å²) in [4.78, 5) is 29.4. The molecule has 3 rings (SSSR count). The Morgan fingerprint density at radius 1 is 1.00 bits per heavy atom. The summed E-state index contributed by atoms with van der Waals surface area (Å²) >= 11 is 5.91. The van der Waals surface area contributed by atoms with E-state index >= 15 is 0 Å². The van der Waals surface area contributed by atoms with E-state index in [4.69, 9.17) is 11.6 Å². The molecule has 31 heavy (non-hydrogen) atoms. The first-order valence-electron chi connectivity index (χ1n) is 10.9. The Balaban J connectivity index is 1.58. The molecule has 2 aliphatic heterocycles. The molecule has 0 aromatic heterocycles. The van der Waals surface area contributed by atoms with E-state index < -0.39 is 10.2 Å². The number of amides is 2. The number of carbonyl (C=O) groups excluding carboxylic acids is 2. The molecule has 2 heterocycles. The highest BCUT2D eigenvalue weighted by Crippen LogP contribution is 2.23. The zero-order valence-electron chi connectivity index (χ0n) is 18.2. The number of piperidine rings is 1. The smallest absolute Gasteiger partial charge is 0.282 e. The lowest BCUT2D eigenvalue weighted by Gasteiger charge is -2.39. The van der Waals surface area contributed by atoms with Gasteiger partial charge in [0.25, 0.3) is 16.1 Å². The lowest BCUT2D eigenvalue weighted by atomic mass is 9.95. The standard InChI is InChI=1S/C21H31ClN4O4S/c1-3-25(4-2)31(29,30)26-14-12-23(13-15-26)21(28)18-6-5-11-24(16-18)20(27)17-7-9-19(22)10-8-17/h7-10,18H,3-6,11-16H2,1-2H3. The van der Waals surface area contributed by atoms with E-state index in [1.807, 2.05) is 13.8 Å². The van der Waals surface area contributed by atoms with Crippen molar-refractivity contribution in [2.24, 2.45) is 5.92 Å². The maximum atomic E-state index is 13.1. The number of likely N-dealkylation sites (tertiary alicyclic amines) is 1. The molecule has 10 heteroatoms. The second kappa shape index (κ2) is 10.3. The van der Waals surface area contributed by atoms with Gasteiger partial charge >= 0.3 is 0 Å². The van der Waals surface area contributed by atoms with Crippen molar-refractivity contribution in [1.29, 1.82) is 0 Å². The molecule has 0 radical (unpaired) electrons. The lowest BCUT2D eigenvalue weighted by Crippen LogP contribution is -2.56. The maximum absolute atomic E-state index is 13.1. The summed E-state index contributed by atoms with van der Waals surface area (Å²) in [6, 6.07) is 6.78. The summed E-state index contributed by atoms with van der Waals surface area (Å²) in [5, 5.41) is 0.574. The molecule has 2 amide bonds. The Hall–Kier alpha value is -1.68. The number of hydrogen-bond acceptors (Lipinski definition) is 4. The Labute approximate surface area is 189 Å². The van der Waals surface area contributed by atoms with Crippen LogP contribution in [0.2, 0.25) is 5.02 Å². The fourth-order valence-corrected chi connectivity index (χ4v) is 5.98.